The zero-order valence-electron chi connectivity index (χ0n) is 17.2. The van der Waals surface area contributed by atoms with Gasteiger partial charge in [-0.25, -0.2) is 4.98 Å². The number of aryl methyl sites for hydroxylation is 1. The van der Waals surface area contributed by atoms with Crippen molar-refractivity contribution in [1.82, 2.24) is 10.1 Å². The van der Waals surface area contributed by atoms with E-state index in [2.05, 4.69) is 5.16 Å². The Balaban J connectivity index is 1.59. The fourth-order valence-corrected chi connectivity index (χ4v) is 5.31. The molecule has 0 unspecified atom stereocenters. The topological polar surface area (TPSA) is 68.5 Å². The zero-order valence-corrected chi connectivity index (χ0v) is 19.5. The smallest absolute Gasteiger partial charge is 0.266 e. The van der Waals surface area contributed by atoms with Crippen LogP contribution in [0.25, 0.3) is 21.5 Å². The van der Waals surface area contributed by atoms with Gasteiger partial charge in [-0.1, -0.05) is 57.9 Å². The average Bonchev–Trinajstić information content (AvgIpc) is 3.51. The number of carbonyl (C=O) groups excluding carboxylic acids is 1. The van der Waals surface area contributed by atoms with E-state index in [0.29, 0.717) is 50.9 Å². The fraction of sp³-hybridized carbons (Fsp3) is 0.261. The molecule has 6 nitrogen and oxygen atoms in total. The van der Waals surface area contributed by atoms with Crippen LogP contribution < -0.4 is 4.90 Å². The highest BCUT2D eigenvalue weighted by Gasteiger charge is 2.32. The Labute approximate surface area is 198 Å². The first kappa shape index (κ1) is 21.4. The molecule has 1 aliphatic heterocycles. The maximum atomic E-state index is 13.9. The van der Waals surface area contributed by atoms with Gasteiger partial charge in [0, 0.05) is 17.2 Å². The summed E-state index contributed by atoms with van der Waals surface area (Å²) in [6.45, 7) is 2.81. The van der Waals surface area contributed by atoms with E-state index < -0.39 is 0 Å². The van der Waals surface area contributed by atoms with Crippen LogP contribution in [0.2, 0.25) is 10.0 Å². The van der Waals surface area contributed by atoms with Gasteiger partial charge in [-0.2, -0.15) is 0 Å². The van der Waals surface area contributed by atoms with Crippen molar-refractivity contribution < 1.29 is 14.1 Å². The van der Waals surface area contributed by atoms with Crippen molar-refractivity contribution in [3.05, 3.63) is 63.8 Å². The number of anilines is 1. The number of fused-ring (bicyclic) bond motifs is 1. The molecule has 1 fully saturated rings. The minimum absolute atomic E-state index is 0.0570. The number of halogens is 2. The molecule has 0 aliphatic carbocycles. The van der Waals surface area contributed by atoms with Gasteiger partial charge in [0.25, 0.3) is 5.91 Å². The number of benzene rings is 2. The first-order chi connectivity index (χ1) is 15.5. The van der Waals surface area contributed by atoms with Gasteiger partial charge >= 0.3 is 0 Å². The molecule has 1 atom stereocenters. The highest BCUT2D eigenvalue weighted by atomic mass is 35.5. The SMILES string of the molecule is Cc1onc(-c2ccccc2Cl)c1C(=O)N(C[C@@H]1CCCO1)c1nc2ccc(Cl)cc2s1. The predicted molar refractivity (Wildman–Crippen MR) is 127 cm³/mol. The monoisotopic (exact) mass is 487 g/mol. The molecule has 5 rings (SSSR count). The quantitative estimate of drug-likeness (QED) is 0.326. The van der Waals surface area contributed by atoms with Crippen LogP contribution in [0.3, 0.4) is 0 Å². The first-order valence-electron chi connectivity index (χ1n) is 10.2. The van der Waals surface area contributed by atoms with E-state index in [1.54, 1.807) is 24.0 Å². The second-order valence-electron chi connectivity index (χ2n) is 7.60. The minimum Gasteiger partial charge on any atom is -0.376 e. The summed E-state index contributed by atoms with van der Waals surface area (Å²) in [5.74, 6) is 0.172. The number of aromatic nitrogens is 2. The van der Waals surface area contributed by atoms with E-state index >= 15 is 0 Å². The van der Waals surface area contributed by atoms with E-state index in [-0.39, 0.29) is 12.0 Å². The molecule has 32 heavy (non-hydrogen) atoms. The lowest BCUT2D eigenvalue weighted by molar-refractivity contribution is 0.0916. The van der Waals surface area contributed by atoms with Crippen molar-refractivity contribution in [3.63, 3.8) is 0 Å². The highest BCUT2D eigenvalue weighted by molar-refractivity contribution is 7.22. The van der Waals surface area contributed by atoms with Gasteiger partial charge < -0.3 is 9.26 Å². The number of hydrogen-bond acceptors (Lipinski definition) is 6. The lowest BCUT2D eigenvalue weighted by Gasteiger charge is -2.23. The Morgan fingerprint density at radius 3 is 2.88 bits per heavy atom. The molecule has 1 saturated heterocycles. The summed E-state index contributed by atoms with van der Waals surface area (Å²) in [4.78, 5) is 20.3. The van der Waals surface area contributed by atoms with E-state index in [9.17, 15) is 4.79 Å². The molecule has 3 heterocycles. The molecule has 9 heteroatoms. The molecule has 2 aromatic heterocycles. The second-order valence-corrected chi connectivity index (χ2v) is 9.45. The normalized spacial score (nSPS) is 16.0. The first-order valence-corrected chi connectivity index (χ1v) is 11.8. The minimum atomic E-state index is -0.251. The number of thiazole rings is 1. The van der Waals surface area contributed by atoms with E-state index in [0.717, 1.165) is 23.1 Å². The maximum absolute atomic E-state index is 13.9. The number of ether oxygens (including phenoxy) is 1. The van der Waals surface area contributed by atoms with Gasteiger partial charge in [0.1, 0.15) is 17.0 Å². The van der Waals surface area contributed by atoms with Crippen LogP contribution in [0.5, 0.6) is 0 Å². The van der Waals surface area contributed by atoms with Gasteiger partial charge in [-0.15, -0.1) is 0 Å². The lowest BCUT2D eigenvalue weighted by Crippen LogP contribution is -2.37. The van der Waals surface area contributed by atoms with Gasteiger partial charge in [-0.3, -0.25) is 9.69 Å². The molecule has 0 saturated carbocycles. The summed E-state index contributed by atoms with van der Waals surface area (Å²) >= 11 is 14.0. The molecular weight excluding hydrogens is 469 g/mol. The van der Waals surface area contributed by atoms with Crippen molar-refractivity contribution in [2.24, 2.45) is 0 Å². The summed E-state index contributed by atoms with van der Waals surface area (Å²) < 4.78 is 12.2. The van der Waals surface area contributed by atoms with E-state index in [1.165, 1.54) is 11.3 Å². The molecule has 164 valence electrons. The van der Waals surface area contributed by atoms with Crippen LogP contribution in [-0.2, 0) is 4.74 Å². The number of rotatable bonds is 5. The summed E-state index contributed by atoms with van der Waals surface area (Å²) in [7, 11) is 0. The van der Waals surface area contributed by atoms with Crippen LogP contribution >= 0.6 is 34.5 Å². The summed E-state index contributed by atoms with van der Waals surface area (Å²) in [6.07, 6.45) is 1.80. The van der Waals surface area contributed by atoms with Crippen LogP contribution in [0.4, 0.5) is 5.13 Å². The molecule has 2 aromatic carbocycles. The van der Waals surface area contributed by atoms with Crippen molar-refractivity contribution >= 4 is 55.8 Å². The summed E-state index contributed by atoms with van der Waals surface area (Å²) in [6, 6.07) is 12.8. The van der Waals surface area contributed by atoms with Gasteiger partial charge in [-0.05, 0) is 44.0 Å². The van der Waals surface area contributed by atoms with Gasteiger partial charge in [0.05, 0.1) is 27.9 Å². The molecule has 1 aliphatic rings. The average molecular weight is 488 g/mol. The molecular formula is C23H19Cl2N3O3S. The third-order valence-electron chi connectivity index (χ3n) is 5.43. The predicted octanol–water partition coefficient (Wildman–Crippen LogP) is 6.39. The van der Waals surface area contributed by atoms with Crippen LogP contribution in [-0.4, -0.2) is 35.3 Å². The summed E-state index contributed by atoms with van der Waals surface area (Å²) in [5, 5.41) is 5.86. The molecule has 0 radical (unpaired) electrons. The van der Waals surface area contributed by atoms with E-state index in [4.69, 9.17) is 37.4 Å². The molecule has 4 aromatic rings. The number of amides is 1. The number of carbonyl (C=O) groups is 1. The van der Waals surface area contributed by atoms with E-state index in [1.807, 2.05) is 30.3 Å². The van der Waals surface area contributed by atoms with Crippen molar-refractivity contribution in [2.45, 2.75) is 25.9 Å². The van der Waals surface area contributed by atoms with Crippen molar-refractivity contribution in [2.75, 3.05) is 18.1 Å². The largest absolute Gasteiger partial charge is 0.376 e. The van der Waals surface area contributed by atoms with Crippen molar-refractivity contribution in [1.29, 1.82) is 0 Å². The molecule has 1 amide bonds. The third kappa shape index (κ3) is 4.01. The van der Waals surface area contributed by atoms with Gasteiger partial charge in [0.15, 0.2) is 5.13 Å². The molecule has 0 bridgehead atoms. The zero-order chi connectivity index (χ0) is 22.2. The Morgan fingerprint density at radius 1 is 1.25 bits per heavy atom. The lowest BCUT2D eigenvalue weighted by atomic mass is 10.0. The number of hydrogen-bond donors (Lipinski definition) is 0. The summed E-state index contributed by atoms with van der Waals surface area (Å²) in [5.41, 5.74) is 2.21. The van der Waals surface area contributed by atoms with Crippen LogP contribution in [0.15, 0.2) is 47.0 Å². The standard InChI is InChI=1S/C23H19Cl2N3O3S/c1-13-20(21(27-31-13)16-6-2-3-7-17(16)25)22(29)28(12-15-5-4-10-30-15)23-26-18-9-8-14(24)11-19(18)32-23/h2-3,6-9,11,15H,4-5,10,12H2,1H3/t15-/m0/s1. The Kier molecular flexibility index (Phi) is 5.90. The Morgan fingerprint density at radius 2 is 2.09 bits per heavy atom. The fourth-order valence-electron chi connectivity index (χ4n) is 3.84. The van der Waals surface area contributed by atoms with Crippen molar-refractivity contribution in [3.8, 4) is 11.3 Å². The Hall–Kier alpha value is -2.45. The molecule has 0 spiro atoms. The van der Waals surface area contributed by atoms with Crippen LogP contribution in [0, 0.1) is 6.92 Å². The maximum Gasteiger partial charge on any atom is 0.266 e. The van der Waals surface area contributed by atoms with Crippen LogP contribution in [0.1, 0.15) is 29.0 Å². The highest BCUT2D eigenvalue weighted by Crippen LogP contribution is 2.36. The van der Waals surface area contributed by atoms with Gasteiger partial charge in [0.2, 0.25) is 0 Å². The Bertz CT molecular complexity index is 1300. The number of nitrogens with zero attached hydrogens (tertiary/aromatic N) is 3. The molecule has 0 N–H and O–H groups in total. The third-order valence-corrected chi connectivity index (χ3v) is 7.04. The second kappa shape index (κ2) is 8.83.